The number of ether oxygens (including phenoxy) is 1. The molecule has 0 atom stereocenters. The maximum absolute atomic E-state index is 7.40. The highest BCUT2D eigenvalue weighted by Crippen LogP contribution is 2.25. The summed E-state index contributed by atoms with van der Waals surface area (Å²) >= 11 is 6.08. The maximum Gasteiger partial charge on any atom is 0.233 e. The van der Waals surface area contributed by atoms with Gasteiger partial charge in [0.2, 0.25) is 5.88 Å². The molecule has 0 spiro atoms. The number of nitrogens with two attached hydrogens (primary N) is 1. The van der Waals surface area contributed by atoms with Crippen molar-refractivity contribution in [2.24, 2.45) is 5.73 Å². The summed E-state index contributed by atoms with van der Waals surface area (Å²) in [6.07, 6.45) is 6.80. The number of pyridine rings is 2. The molecule has 0 aliphatic carbocycles. The van der Waals surface area contributed by atoms with Crippen LogP contribution in [0.1, 0.15) is 17.5 Å². The van der Waals surface area contributed by atoms with Crippen LogP contribution in [-0.2, 0) is 6.42 Å². The van der Waals surface area contributed by atoms with Crippen LogP contribution in [-0.4, -0.2) is 22.4 Å². The number of rotatable bonds is 6. The van der Waals surface area contributed by atoms with Gasteiger partial charge in [-0.1, -0.05) is 11.6 Å². The first-order valence-corrected chi connectivity index (χ1v) is 6.57. The summed E-state index contributed by atoms with van der Waals surface area (Å²) < 4.78 is 5.54. The van der Waals surface area contributed by atoms with Gasteiger partial charge in [0, 0.05) is 24.2 Å². The SMILES string of the molecule is N=C(N)c1ccnc(OCCCc2ccncc2)c1Cl. The lowest BCUT2D eigenvalue weighted by molar-refractivity contribution is 0.299. The summed E-state index contributed by atoms with van der Waals surface area (Å²) in [6.45, 7) is 0.496. The average Bonchev–Trinajstić information content (AvgIpc) is 2.46. The molecule has 0 radical (unpaired) electrons. The van der Waals surface area contributed by atoms with Crippen molar-refractivity contribution in [3.8, 4) is 5.88 Å². The van der Waals surface area contributed by atoms with E-state index in [2.05, 4.69) is 9.97 Å². The predicted octanol–water partition coefficient (Wildman–Crippen LogP) is 2.43. The molecule has 20 heavy (non-hydrogen) atoms. The van der Waals surface area contributed by atoms with Crippen molar-refractivity contribution in [2.75, 3.05) is 6.61 Å². The Bertz CT molecular complexity index is 589. The van der Waals surface area contributed by atoms with Crippen molar-refractivity contribution < 1.29 is 4.74 Å². The minimum atomic E-state index is -0.0981. The Morgan fingerprint density at radius 1 is 1.25 bits per heavy atom. The van der Waals surface area contributed by atoms with Crippen LogP contribution >= 0.6 is 11.6 Å². The Hall–Kier alpha value is -2.14. The monoisotopic (exact) mass is 290 g/mol. The van der Waals surface area contributed by atoms with E-state index in [4.69, 9.17) is 27.5 Å². The van der Waals surface area contributed by atoms with E-state index in [1.165, 1.54) is 11.8 Å². The standard InChI is InChI=1S/C14H15ClN4O/c15-12-11(13(16)17)5-8-19-14(12)20-9-1-2-10-3-6-18-7-4-10/h3-8H,1-2,9H2,(H3,16,17). The fraction of sp³-hybridized carbons (Fsp3) is 0.214. The molecule has 0 aliphatic rings. The fourth-order valence-electron chi connectivity index (χ4n) is 1.73. The summed E-state index contributed by atoms with van der Waals surface area (Å²) in [5.41, 5.74) is 7.07. The number of nitrogens with zero attached hydrogens (tertiary/aromatic N) is 2. The zero-order valence-electron chi connectivity index (χ0n) is 10.8. The van der Waals surface area contributed by atoms with Gasteiger partial charge in [0.15, 0.2) is 0 Å². The number of hydrogen-bond donors (Lipinski definition) is 2. The molecule has 0 saturated carbocycles. The lowest BCUT2D eigenvalue weighted by Crippen LogP contribution is -2.13. The van der Waals surface area contributed by atoms with Gasteiger partial charge in [-0.05, 0) is 36.6 Å². The Balaban J connectivity index is 1.88. The first-order chi connectivity index (χ1) is 9.68. The second kappa shape index (κ2) is 6.86. The Kier molecular flexibility index (Phi) is 4.90. The summed E-state index contributed by atoms with van der Waals surface area (Å²) in [6, 6.07) is 5.54. The number of halogens is 1. The quantitative estimate of drug-likeness (QED) is 0.486. The second-order valence-corrected chi connectivity index (χ2v) is 4.58. The van der Waals surface area contributed by atoms with E-state index in [0.29, 0.717) is 18.1 Å². The van der Waals surface area contributed by atoms with Crippen LogP contribution in [0.5, 0.6) is 5.88 Å². The minimum Gasteiger partial charge on any atom is -0.477 e. The van der Waals surface area contributed by atoms with E-state index in [0.717, 1.165) is 12.8 Å². The molecule has 0 aromatic carbocycles. The molecule has 6 heteroatoms. The number of aromatic nitrogens is 2. The van der Waals surface area contributed by atoms with E-state index < -0.39 is 0 Å². The van der Waals surface area contributed by atoms with Gasteiger partial charge in [-0.2, -0.15) is 0 Å². The first-order valence-electron chi connectivity index (χ1n) is 6.19. The Morgan fingerprint density at radius 2 is 2.00 bits per heavy atom. The fourth-order valence-corrected chi connectivity index (χ4v) is 2.00. The summed E-state index contributed by atoms with van der Waals surface area (Å²) in [5, 5.41) is 7.68. The molecule has 2 aromatic heterocycles. The van der Waals surface area contributed by atoms with Crippen LogP contribution in [0.3, 0.4) is 0 Å². The molecule has 0 bridgehead atoms. The summed E-state index contributed by atoms with van der Waals surface area (Å²) in [7, 11) is 0. The zero-order valence-corrected chi connectivity index (χ0v) is 11.6. The minimum absolute atomic E-state index is 0.0981. The molecule has 5 nitrogen and oxygen atoms in total. The van der Waals surface area contributed by atoms with Crippen LogP contribution in [0, 0.1) is 5.41 Å². The van der Waals surface area contributed by atoms with Gasteiger partial charge >= 0.3 is 0 Å². The number of nitrogen functional groups attached to an aromatic ring is 1. The van der Waals surface area contributed by atoms with Crippen LogP contribution in [0.2, 0.25) is 5.02 Å². The second-order valence-electron chi connectivity index (χ2n) is 4.20. The molecule has 104 valence electrons. The van der Waals surface area contributed by atoms with E-state index in [1.807, 2.05) is 12.1 Å². The molecule has 0 unspecified atom stereocenters. The lowest BCUT2D eigenvalue weighted by Gasteiger charge is -2.09. The van der Waals surface area contributed by atoms with E-state index >= 15 is 0 Å². The molecular formula is C14H15ClN4O. The number of amidine groups is 1. The number of hydrogen-bond acceptors (Lipinski definition) is 4. The van der Waals surface area contributed by atoms with E-state index in [1.54, 1.807) is 18.5 Å². The van der Waals surface area contributed by atoms with Crippen LogP contribution in [0.4, 0.5) is 0 Å². The molecule has 0 saturated heterocycles. The van der Waals surface area contributed by atoms with Gasteiger partial charge in [0.25, 0.3) is 0 Å². The van der Waals surface area contributed by atoms with Gasteiger partial charge in [-0.25, -0.2) is 4.98 Å². The zero-order chi connectivity index (χ0) is 14.4. The lowest BCUT2D eigenvalue weighted by atomic mass is 10.1. The Labute approximate surface area is 122 Å². The third-order valence-electron chi connectivity index (χ3n) is 2.75. The largest absolute Gasteiger partial charge is 0.477 e. The van der Waals surface area contributed by atoms with E-state index in [-0.39, 0.29) is 10.9 Å². The molecule has 3 N–H and O–H groups in total. The summed E-state index contributed by atoms with van der Waals surface area (Å²) in [5.74, 6) is 0.216. The molecular weight excluding hydrogens is 276 g/mol. The Morgan fingerprint density at radius 3 is 2.70 bits per heavy atom. The predicted molar refractivity (Wildman–Crippen MR) is 78.3 cm³/mol. The van der Waals surface area contributed by atoms with Crippen molar-refractivity contribution in [3.63, 3.8) is 0 Å². The molecule has 0 amide bonds. The van der Waals surface area contributed by atoms with Crippen molar-refractivity contribution in [3.05, 3.63) is 52.9 Å². The van der Waals surface area contributed by atoms with E-state index in [9.17, 15) is 0 Å². The highest BCUT2D eigenvalue weighted by Gasteiger charge is 2.10. The first kappa shape index (κ1) is 14.3. The number of aryl methyl sites for hydroxylation is 1. The summed E-state index contributed by atoms with van der Waals surface area (Å²) in [4.78, 5) is 8.02. The van der Waals surface area contributed by atoms with Gasteiger partial charge < -0.3 is 10.5 Å². The van der Waals surface area contributed by atoms with Crippen LogP contribution in [0.25, 0.3) is 0 Å². The number of nitrogens with one attached hydrogen (secondary N) is 1. The van der Waals surface area contributed by atoms with Gasteiger partial charge in [-0.15, -0.1) is 0 Å². The molecule has 2 aromatic rings. The maximum atomic E-state index is 7.40. The highest BCUT2D eigenvalue weighted by atomic mass is 35.5. The highest BCUT2D eigenvalue weighted by molar-refractivity contribution is 6.35. The third-order valence-corrected chi connectivity index (χ3v) is 3.11. The molecule has 2 rings (SSSR count). The topological polar surface area (TPSA) is 84.9 Å². The molecule has 0 aliphatic heterocycles. The normalized spacial score (nSPS) is 10.2. The van der Waals surface area contributed by atoms with Gasteiger partial charge in [0.1, 0.15) is 10.9 Å². The van der Waals surface area contributed by atoms with Gasteiger partial charge in [0.05, 0.1) is 6.61 Å². The van der Waals surface area contributed by atoms with Crippen LogP contribution in [0.15, 0.2) is 36.8 Å². The molecule has 2 heterocycles. The molecule has 0 fully saturated rings. The average molecular weight is 291 g/mol. The van der Waals surface area contributed by atoms with Crippen LogP contribution < -0.4 is 10.5 Å². The van der Waals surface area contributed by atoms with Crippen molar-refractivity contribution in [2.45, 2.75) is 12.8 Å². The van der Waals surface area contributed by atoms with Crippen molar-refractivity contribution >= 4 is 17.4 Å². The third kappa shape index (κ3) is 3.68. The smallest absolute Gasteiger partial charge is 0.233 e. The van der Waals surface area contributed by atoms with Gasteiger partial charge in [-0.3, -0.25) is 10.4 Å². The van der Waals surface area contributed by atoms with Crippen molar-refractivity contribution in [1.29, 1.82) is 5.41 Å². The van der Waals surface area contributed by atoms with Crippen molar-refractivity contribution in [1.82, 2.24) is 9.97 Å².